The molecule has 0 saturated carbocycles. The van der Waals surface area contributed by atoms with Crippen LogP contribution in [0.4, 0.5) is 11.5 Å². The van der Waals surface area contributed by atoms with Gasteiger partial charge in [0.2, 0.25) is 0 Å². The molecule has 1 unspecified atom stereocenters. The Kier molecular flexibility index (Phi) is 6.77. The summed E-state index contributed by atoms with van der Waals surface area (Å²) in [7, 11) is 0. The fourth-order valence-electron chi connectivity index (χ4n) is 1.93. The SMILES string of the molecule is Cc1ccc(N=CC=C(N)OCC(C)Nc2ncnc(C)c2Cl)cc1. The molecule has 1 atom stereocenters. The normalized spacial score (nSPS) is 13.0. The molecule has 0 aliphatic heterocycles. The van der Waals surface area contributed by atoms with E-state index >= 15 is 0 Å². The van der Waals surface area contributed by atoms with E-state index in [1.165, 1.54) is 11.9 Å². The summed E-state index contributed by atoms with van der Waals surface area (Å²) in [6, 6.07) is 7.85. The van der Waals surface area contributed by atoms with Gasteiger partial charge in [0, 0.05) is 12.3 Å². The van der Waals surface area contributed by atoms with Crippen LogP contribution >= 0.6 is 11.6 Å². The van der Waals surface area contributed by atoms with E-state index in [1.807, 2.05) is 45.0 Å². The maximum atomic E-state index is 6.15. The number of aromatic nitrogens is 2. The minimum Gasteiger partial charge on any atom is -0.477 e. The fourth-order valence-corrected chi connectivity index (χ4v) is 2.08. The maximum Gasteiger partial charge on any atom is 0.185 e. The summed E-state index contributed by atoms with van der Waals surface area (Å²) in [5.74, 6) is 0.864. The number of hydrogen-bond donors (Lipinski definition) is 2. The van der Waals surface area contributed by atoms with E-state index in [0.717, 1.165) is 11.4 Å². The molecule has 1 aromatic carbocycles. The Hall–Kier alpha value is -2.60. The molecule has 6 nitrogen and oxygen atoms in total. The van der Waals surface area contributed by atoms with Crippen molar-refractivity contribution in [2.24, 2.45) is 10.7 Å². The summed E-state index contributed by atoms with van der Waals surface area (Å²) in [6.07, 6.45) is 4.70. The predicted molar refractivity (Wildman–Crippen MR) is 102 cm³/mol. The van der Waals surface area contributed by atoms with Crippen LogP contribution in [0, 0.1) is 13.8 Å². The van der Waals surface area contributed by atoms with Gasteiger partial charge in [-0.25, -0.2) is 9.97 Å². The van der Waals surface area contributed by atoms with Crippen LogP contribution in [0.5, 0.6) is 0 Å². The fraction of sp³-hybridized carbons (Fsp3) is 0.278. The summed E-state index contributed by atoms with van der Waals surface area (Å²) in [6.45, 7) is 6.16. The Morgan fingerprint density at radius 1 is 1.32 bits per heavy atom. The highest BCUT2D eigenvalue weighted by Crippen LogP contribution is 2.21. The lowest BCUT2D eigenvalue weighted by Crippen LogP contribution is -2.24. The minimum atomic E-state index is -0.0345. The van der Waals surface area contributed by atoms with Crippen molar-refractivity contribution in [3.63, 3.8) is 0 Å². The molecule has 0 amide bonds. The van der Waals surface area contributed by atoms with Crippen LogP contribution in [0.3, 0.4) is 0 Å². The number of nitrogens with two attached hydrogens (primary N) is 1. The van der Waals surface area contributed by atoms with Crippen LogP contribution in [-0.2, 0) is 4.74 Å². The molecule has 7 heteroatoms. The lowest BCUT2D eigenvalue weighted by molar-refractivity contribution is 0.201. The number of nitrogens with one attached hydrogen (secondary N) is 1. The van der Waals surface area contributed by atoms with E-state index < -0.39 is 0 Å². The van der Waals surface area contributed by atoms with Crippen molar-refractivity contribution >= 4 is 29.3 Å². The third kappa shape index (κ3) is 6.08. The molecule has 0 bridgehead atoms. The zero-order chi connectivity index (χ0) is 18.2. The molecule has 1 heterocycles. The van der Waals surface area contributed by atoms with Crippen molar-refractivity contribution in [1.82, 2.24) is 9.97 Å². The third-order valence-electron chi connectivity index (χ3n) is 3.34. The molecule has 0 aliphatic carbocycles. The van der Waals surface area contributed by atoms with Crippen LogP contribution < -0.4 is 11.1 Å². The van der Waals surface area contributed by atoms with Crippen LogP contribution in [0.15, 0.2) is 47.5 Å². The van der Waals surface area contributed by atoms with Crippen molar-refractivity contribution < 1.29 is 4.74 Å². The number of aryl methyl sites for hydroxylation is 2. The predicted octanol–water partition coefficient (Wildman–Crippen LogP) is 3.77. The lowest BCUT2D eigenvalue weighted by atomic mass is 10.2. The van der Waals surface area contributed by atoms with Crippen LogP contribution in [0.2, 0.25) is 5.02 Å². The lowest BCUT2D eigenvalue weighted by Gasteiger charge is -2.16. The molecule has 1 aromatic heterocycles. The van der Waals surface area contributed by atoms with E-state index in [4.69, 9.17) is 22.1 Å². The zero-order valence-corrected chi connectivity index (χ0v) is 15.3. The average molecular weight is 360 g/mol. The van der Waals surface area contributed by atoms with Gasteiger partial charge >= 0.3 is 0 Å². The molecule has 2 aromatic rings. The number of nitrogens with zero attached hydrogens (tertiary/aromatic N) is 3. The smallest absolute Gasteiger partial charge is 0.185 e. The van der Waals surface area contributed by atoms with Gasteiger partial charge in [0.1, 0.15) is 23.8 Å². The first-order valence-electron chi connectivity index (χ1n) is 7.88. The van der Waals surface area contributed by atoms with Crippen LogP contribution in [0.1, 0.15) is 18.2 Å². The van der Waals surface area contributed by atoms with Crippen LogP contribution in [-0.4, -0.2) is 28.8 Å². The standard InChI is InChI=1S/C18H22ClN5O/c1-12-4-6-15(7-5-12)21-9-8-16(20)25-10-13(2)24-18-17(19)14(3)22-11-23-18/h4-9,11,13H,10,20H2,1-3H3,(H,22,23,24). The average Bonchev–Trinajstić information content (AvgIpc) is 2.59. The molecule has 3 N–H and O–H groups in total. The first-order chi connectivity index (χ1) is 12.0. The molecule has 0 fully saturated rings. The number of aliphatic imine (C=N–C) groups is 1. The second kappa shape index (κ2) is 9.03. The van der Waals surface area contributed by atoms with Gasteiger partial charge in [-0.05, 0) is 32.9 Å². The van der Waals surface area contributed by atoms with E-state index in [-0.39, 0.29) is 11.9 Å². The van der Waals surface area contributed by atoms with Gasteiger partial charge in [0.05, 0.1) is 17.4 Å². The number of benzene rings is 1. The summed E-state index contributed by atoms with van der Waals surface area (Å²) in [4.78, 5) is 12.4. The van der Waals surface area contributed by atoms with Gasteiger partial charge in [-0.3, -0.25) is 4.99 Å². The Labute approximate surface area is 152 Å². The summed E-state index contributed by atoms with van der Waals surface area (Å²) < 4.78 is 5.50. The Morgan fingerprint density at radius 3 is 2.76 bits per heavy atom. The van der Waals surface area contributed by atoms with Crippen LogP contribution in [0.25, 0.3) is 0 Å². The second-order valence-electron chi connectivity index (χ2n) is 5.66. The molecule has 0 radical (unpaired) electrons. The van der Waals surface area contributed by atoms with Gasteiger partial charge in [-0.2, -0.15) is 0 Å². The van der Waals surface area contributed by atoms with E-state index in [9.17, 15) is 0 Å². The molecule has 132 valence electrons. The largest absolute Gasteiger partial charge is 0.477 e. The highest BCUT2D eigenvalue weighted by Gasteiger charge is 2.09. The second-order valence-corrected chi connectivity index (χ2v) is 6.04. The number of rotatable bonds is 7. The van der Waals surface area contributed by atoms with Crippen molar-refractivity contribution in [3.8, 4) is 0 Å². The molecular weight excluding hydrogens is 338 g/mol. The van der Waals surface area contributed by atoms with E-state index in [1.54, 1.807) is 12.3 Å². The van der Waals surface area contributed by atoms with Crippen molar-refractivity contribution in [2.45, 2.75) is 26.8 Å². The molecule has 0 aliphatic rings. The zero-order valence-electron chi connectivity index (χ0n) is 14.5. The van der Waals surface area contributed by atoms with E-state index in [2.05, 4.69) is 20.3 Å². The third-order valence-corrected chi connectivity index (χ3v) is 3.80. The molecular formula is C18H22ClN5O. The van der Waals surface area contributed by atoms with Crippen molar-refractivity contribution in [2.75, 3.05) is 11.9 Å². The molecule has 2 rings (SSSR count). The molecule has 0 spiro atoms. The summed E-state index contributed by atoms with van der Waals surface area (Å²) in [5.41, 5.74) is 8.60. The van der Waals surface area contributed by atoms with Gasteiger partial charge in [0.25, 0.3) is 0 Å². The Balaban J connectivity index is 1.83. The molecule has 0 saturated heterocycles. The number of halogens is 1. The number of allylic oxidation sites excluding steroid dienone is 1. The summed E-state index contributed by atoms with van der Waals surface area (Å²) in [5, 5.41) is 3.67. The van der Waals surface area contributed by atoms with Gasteiger partial charge in [-0.15, -0.1) is 0 Å². The van der Waals surface area contributed by atoms with Gasteiger partial charge in [0.15, 0.2) is 5.88 Å². The van der Waals surface area contributed by atoms with Crippen molar-refractivity contribution in [3.05, 3.63) is 58.8 Å². The summed E-state index contributed by atoms with van der Waals surface area (Å²) >= 11 is 6.15. The maximum absolute atomic E-state index is 6.15. The number of anilines is 1. The molecule has 25 heavy (non-hydrogen) atoms. The van der Waals surface area contributed by atoms with Gasteiger partial charge < -0.3 is 15.8 Å². The monoisotopic (exact) mass is 359 g/mol. The first kappa shape index (κ1) is 18.7. The quantitative estimate of drug-likeness (QED) is 0.580. The highest BCUT2D eigenvalue weighted by atomic mass is 35.5. The van der Waals surface area contributed by atoms with E-state index in [0.29, 0.717) is 17.4 Å². The topological polar surface area (TPSA) is 85.4 Å². The highest BCUT2D eigenvalue weighted by molar-refractivity contribution is 6.33. The van der Waals surface area contributed by atoms with Gasteiger partial charge in [-0.1, -0.05) is 29.3 Å². The Bertz CT molecular complexity index is 759. The first-order valence-corrected chi connectivity index (χ1v) is 8.26. The Morgan fingerprint density at radius 2 is 2.04 bits per heavy atom. The minimum absolute atomic E-state index is 0.0345. The number of ether oxygens (including phenoxy) is 1. The van der Waals surface area contributed by atoms with Crippen molar-refractivity contribution in [1.29, 1.82) is 0 Å². The number of hydrogen-bond acceptors (Lipinski definition) is 6.